The Labute approximate surface area is 147 Å². The van der Waals surface area contributed by atoms with E-state index in [1.165, 1.54) is 12.1 Å². The van der Waals surface area contributed by atoms with Gasteiger partial charge in [0.2, 0.25) is 0 Å². The first kappa shape index (κ1) is 16.0. The van der Waals surface area contributed by atoms with E-state index in [0.717, 1.165) is 0 Å². The van der Waals surface area contributed by atoms with Crippen LogP contribution < -0.4 is 5.32 Å². The van der Waals surface area contributed by atoms with Gasteiger partial charge in [-0.3, -0.25) is 0 Å². The summed E-state index contributed by atoms with van der Waals surface area (Å²) in [5.41, 5.74) is 1.29. The molecule has 0 saturated heterocycles. The monoisotopic (exact) mass is 367 g/mol. The zero-order valence-corrected chi connectivity index (χ0v) is 13.8. The Balaban J connectivity index is 1.95. The first-order chi connectivity index (χ1) is 11.0. The predicted octanol–water partition coefficient (Wildman–Crippen LogP) is 5.99. The highest BCUT2D eigenvalue weighted by molar-refractivity contribution is 6.36. The van der Waals surface area contributed by atoms with E-state index in [2.05, 4.69) is 15.3 Å². The van der Waals surface area contributed by atoms with Gasteiger partial charge in [0.1, 0.15) is 16.8 Å². The molecule has 23 heavy (non-hydrogen) atoms. The molecule has 0 bridgehead atoms. The Morgan fingerprint density at radius 2 is 1.61 bits per heavy atom. The van der Waals surface area contributed by atoms with Gasteiger partial charge in [-0.2, -0.15) is 0 Å². The number of aromatic nitrogens is 2. The molecular weight excluding hydrogens is 360 g/mol. The third-order valence-corrected chi connectivity index (χ3v) is 3.73. The molecule has 3 rings (SSSR count). The van der Waals surface area contributed by atoms with Crippen molar-refractivity contribution in [3.8, 4) is 11.4 Å². The summed E-state index contributed by atoms with van der Waals surface area (Å²) in [4.78, 5) is 8.52. The number of benzene rings is 2. The van der Waals surface area contributed by atoms with E-state index in [1.54, 1.807) is 36.4 Å². The van der Waals surface area contributed by atoms with E-state index in [4.69, 9.17) is 34.8 Å². The molecule has 1 aromatic heterocycles. The van der Waals surface area contributed by atoms with Crippen LogP contribution in [0, 0.1) is 5.82 Å². The Bertz CT molecular complexity index is 854. The van der Waals surface area contributed by atoms with Gasteiger partial charge in [-0.25, -0.2) is 14.4 Å². The van der Waals surface area contributed by atoms with Gasteiger partial charge in [0.25, 0.3) is 0 Å². The third kappa shape index (κ3) is 3.91. The van der Waals surface area contributed by atoms with Crippen molar-refractivity contribution in [2.24, 2.45) is 0 Å². The molecule has 0 saturated carbocycles. The summed E-state index contributed by atoms with van der Waals surface area (Å²) in [5, 5.41) is 4.31. The van der Waals surface area contributed by atoms with Gasteiger partial charge in [-0.05, 0) is 42.5 Å². The Hall–Kier alpha value is -1.88. The quantitative estimate of drug-likeness (QED) is 0.577. The lowest BCUT2D eigenvalue weighted by molar-refractivity contribution is 0.628. The van der Waals surface area contributed by atoms with E-state index in [-0.39, 0.29) is 11.0 Å². The lowest BCUT2D eigenvalue weighted by Crippen LogP contribution is -1.98. The highest BCUT2D eigenvalue weighted by Crippen LogP contribution is 2.29. The fourth-order valence-electron chi connectivity index (χ4n) is 1.94. The molecule has 0 aliphatic rings. The summed E-state index contributed by atoms with van der Waals surface area (Å²) in [6, 6.07) is 12.5. The summed E-state index contributed by atoms with van der Waals surface area (Å²) < 4.78 is 13.0. The molecular formula is C16H9Cl3FN3. The zero-order chi connectivity index (χ0) is 16.4. The van der Waals surface area contributed by atoms with Crippen molar-refractivity contribution in [3.63, 3.8) is 0 Å². The third-order valence-electron chi connectivity index (χ3n) is 2.99. The van der Waals surface area contributed by atoms with Crippen LogP contribution in [0.3, 0.4) is 0 Å². The fraction of sp³-hybridized carbons (Fsp3) is 0. The van der Waals surface area contributed by atoms with Crippen molar-refractivity contribution in [3.05, 3.63) is 69.5 Å². The molecule has 0 aliphatic heterocycles. The van der Waals surface area contributed by atoms with Crippen LogP contribution in [0.15, 0.2) is 48.5 Å². The SMILES string of the molecule is Fc1ccc(-c2nc(Cl)cc(Nc3ccc(Cl)cc3Cl)n2)cc1. The van der Waals surface area contributed by atoms with Gasteiger partial charge in [-0.15, -0.1) is 0 Å². The number of hydrogen-bond acceptors (Lipinski definition) is 3. The van der Waals surface area contributed by atoms with Crippen molar-refractivity contribution < 1.29 is 4.39 Å². The first-order valence-corrected chi connectivity index (χ1v) is 7.67. The van der Waals surface area contributed by atoms with Gasteiger partial charge in [-0.1, -0.05) is 34.8 Å². The molecule has 7 heteroatoms. The molecule has 0 unspecified atom stereocenters. The normalized spacial score (nSPS) is 10.6. The van der Waals surface area contributed by atoms with Gasteiger partial charge < -0.3 is 5.32 Å². The van der Waals surface area contributed by atoms with Gasteiger partial charge in [0, 0.05) is 16.7 Å². The molecule has 116 valence electrons. The molecule has 0 amide bonds. The minimum Gasteiger partial charge on any atom is -0.339 e. The maximum absolute atomic E-state index is 13.0. The van der Waals surface area contributed by atoms with E-state index >= 15 is 0 Å². The van der Waals surface area contributed by atoms with Crippen LogP contribution >= 0.6 is 34.8 Å². The van der Waals surface area contributed by atoms with Crippen molar-refractivity contribution in [1.29, 1.82) is 0 Å². The minimum atomic E-state index is -0.331. The maximum atomic E-state index is 13.0. The second-order valence-corrected chi connectivity index (χ2v) is 5.89. The van der Waals surface area contributed by atoms with Crippen LogP contribution in [0.25, 0.3) is 11.4 Å². The zero-order valence-electron chi connectivity index (χ0n) is 11.5. The molecule has 0 fully saturated rings. The van der Waals surface area contributed by atoms with Crippen molar-refractivity contribution in [2.45, 2.75) is 0 Å². The summed E-state index contributed by atoms with van der Waals surface area (Å²) in [6.07, 6.45) is 0. The summed E-state index contributed by atoms with van der Waals surface area (Å²) >= 11 is 18.0. The Kier molecular flexibility index (Phi) is 4.66. The average Bonchev–Trinajstić information content (AvgIpc) is 2.50. The van der Waals surface area contributed by atoms with Crippen molar-refractivity contribution in [2.75, 3.05) is 5.32 Å². The number of nitrogens with zero attached hydrogens (tertiary/aromatic N) is 2. The van der Waals surface area contributed by atoms with Gasteiger partial charge in [0.15, 0.2) is 5.82 Å². The number of halogens is 4. The van der Waals surface area contributed by atoms with E-state index in [0.29, 0.717) is 32.9 Å². The highest BCUT2D eigenvalue weighted by Gasteiger charge is 2.08. The smallest absolute Gasteiger partial charge is 0.163 e. The fourth-order valence-corrected chi connectivity index (χ4v) is 2.58. The average molecular weight is 369 g/mol. The van der Waals surface area contributed by atoms with Crippen LogP contribution in [0.4, 0.5) is 15.9 Å². The van der Waals surface area contributed by atoms with E-state index < -0.39 is 0 Å². The summed E-state index contributed by atoms with van der Waals surface area (Å²) in [7, 11) is 0. The Morgan fingerprint density at radius 3 is 2.30 bits per heavy atom. The van der Waals surface area contributed by atoms with E-state index in [9.17, 15) is 4.39 Å². The minimum absolute atomic E-state index is 0.256. The lowest BCUT2D eigenvalue weighted by atomic mass is 10.2. The molecule has 0 atom stereocenters. The molecule has 0 spiro atoms. The van der Waals surface area contributed by atoms with Crippen molar-refractivity contribution >= 4 is 46.3 Å². The summed E-state index contributed by atoms with van der Waals surface area (Å²) in [6.45, 7) is 0. The molecule has 1 N–H and O–H groups in total. The van der Waals surface area contributed by atoms with Crippen LogP contribution in [-0.4, -0.2) is 9.97 Å². The molecule has 3 nitrogen and oxygen atoms in total. The van der Waals surface area contributed by atoms with Crippen LogP contribution in [0.1, 0.15) is 0 Å². The number of hydrogen-bond donors (Lipinski definition) is 1. The Morgan fingerprint density at radius 1 is 0.870 bits per heavy atom. The standard InChI is InChI=1S/C16H9Cl3FN3/c17-10-3-6-13(12(18)7-10)21-15-8-14(19)22-16(23-15)9-1-4-11(20)5-2-9/h1-8H,(H,21,22,23). The van der Waals surface area contributed by atoms with Gasteiger partial charge >= 0.3 is 0 Å². The molecule has 0 radical (unpaired) electrons. The number of nitrogens with one attached hydrogen (secondary N) is 1. The molecule has 3 aromatic rings. The van der Waals surface area contributed by atoms with Crippen LogP contribution in [0.5, 0.6) is 0 Å². The topological polar surface area (TPSA) is 37.8 Å². The highest BCUT2D eigenvalue weighted by atomic mass is 35.5. The largest absolute Gasteiger partial charge is 0.339 e. The van der Waals surface area contributed by atoms with E-state index in [1.807, 2.05) is 0 Å². The van der Waals surface area contributed by atoms with Crippen molar-refractivity contribution in [1.82, 2.24) is 9.97 Å². The first-order valence-electron chi connectivity index (χ1n) is 6.54. The number of anilines is 2. The van der Waals surface area contributed by atoms with Crippen LogP contribution in [0.2, 0.25) is 15.2 Å². The maximum Gasteiger partial charge on any atom is 0.163 e. The summed E-state index contributed by atoms with van der Waals surface area (Å²) in [5.74, 6) is 0.515. The lowest BCUT2D eigenvalue weighted by Gasteiger charge is -2.10. The second-order valence-electron chi connectivity index (χ2n) is 4.66. The van der Waals surface area contributed by atoms with Gasteiger partial charge in [0.05, 0.1) is 10.7 Å². The molecule has 2 aromatic carbocycles. The number of rotatable bonds is 3. The molecule has 0 aliphatic carbocycles. The molecule has 1 heterocycles. The van der Waals surface area contributed by atoms with Crippen LogP contribution in [-0.2, 0) is 0 Å². The predicted molar refractivity (Wildman–Crippen MR) is 92.2 cm³/mol. The second kappa shape index (κ2) is 6.71.